The van der Waals surface area contributed by atoms with Crippen LogP contribution in [0.2, 0.25) is 0 Å². The van der Waals surface area contributed by atoms with Crippen molar-refractivity contribution in [3.8, 4) is 5.75 Å². The maximum atomic E-state index is 11.2. The summed E-state index contributed by atoms with van der Waals surface area (Å²) in [5.74, 6) is 0.0880. The maximum Gasteiger partial charge on any atom is 0.339 e. The number of benzene rings is 1. The molecule has 3 heteroatoms. The van der Waals surface area contributed by atoms with E-state index in [0.717, 1.165) is 25.7 Å². The van der Waals surface area contributed by atoms with Gasteiger partial charge in [0, 0.05) is 0 Å². The summed E-state index contributed by atoms with van der Waals surface area (Å²) in [5, 5.41) is 9.16. The second-order valence-corrected chi connectivity index (χ2v) is 5.31. The molecule has 0 spiro atoms. The molecule has 1 aromatic rings. The van der Waals surface area contributed by atoms with Crippen LogP contribution in [0, 0.1) is 5.92 Å². The van der Waals surface area contributed by atoms with Crippen LogP contribution in [0.25, 0.3) is 0 Å². The Morgan fingerprint density at radius 1 is 1.32 bits per heavy atom. The van der Waals surface area contributed by atoms with Crippen molar-refractivity contribution in [2.24, 2.45) is 5.92 Å². The Bertz CT molecular complexity index is 399. The lowest BCUT2D eigenvalue weighted by Gasteiger charge is -2.21. The highest BCUT2D eigenvalue weighted by molar-refractivity contribution is 5.90. The molecule has 0 saturated carbocycles. The van der Waals surface area contributed by atoms with Gasteiger partial charge in [0.25, 0.3) is 0 Å². The molecule has 0 aromatic heterocycles. The van der Waals surface area contributed by atoms with Gasteiger partial charge >= 0.3 is 5.97 Å². The molecule has 1 rings (SSSR count). The van der Waals surface area contributed by atoms with Gasteiger partial charge in [-0.05, 0) is 30.9 Å². The third-order valence-corrected chi connectivity index (χ3v) is 3.03. The van der Waals surface area contributed by atoms with Crippen LogP contribution in [-0.2, 0) is 0 Å². The standard InChI is InChI=1S/C16H24O3/c1-4-5-8-13(11-12(2)3)19-15-10-7-6-9-14(15)16(17)18/h6-7,9-10,12-13H,4-5,8,11H2,1-3H3,(H,17,18). The highest BCUT2D eigenvalue weighted by Crippen LogP contribution is 2.23. The zero-order valence-electron chi connectivity index (χ0n) is 12.1. The molecule has 0 radical (unpaired) electrons. The van der Waals surface area contributed by atoms with Gasteiger partial charge in [-0.15, -0.1) is 0 Å². The third-order valence-electron chi connectivity index (χ3n) is 3.03. The highest BCUT2D eigenvalue weighted by atomic mass is 16.5. The number of hydrogen-bond acceptors (Lipinski definition) is 2. The summed E-state index contributed by atoms with van der Waals surface area (Å²) in [6.45, 7) is 6.47. The van der Waals surface area contributed by atoms with Gasteiger partial charge in [-0.2, -0.15) is 0 Å². The minimum atomic E-state index is -0.936. The number of aromatic carboxylic acids is 1. The molecule has 1 aromatic carbocycles. The minimum Gasteiger partial charge on any atom is -0.490 e. The molecular weight excluding hydrogens is 240 g/mol. The maximum absolute atomic E-state index is 11.2. The fraction of sp³-hybridized carbons (Fsp3) is 0.562. The number of carbonyl (C=O) groups is 1. The van der Waals surface area contributed by atoms with E-state index >= 15 is 0 Å². The summed E-state index contributed by atoms with van der Waals surface area (Å²) in [4.78, 5) is 11.2. The molecule has 1 unspecified atom stereocenters. The van der Waals surface area contributed by atoms with E-state index in [-0.39, 0.29) is 11.7 Å². The lowest BCUT2D eigenvalue weighted by molar-refractivity contribution is 0.0687. The van der Waals surface area contributed by atoms with Crippen LogP contribution in [0.3, 0.4) is 0 Å². The number of rotatable bonds is 8. The molecule has 0 fully saturated rings. The summed E-state index contributed by atoms with van der Waals surface area (Å²) in [6.07, 6.45) is 4.25. The molecule has 0 aliphatic heterocycles. The number of carboxylic acid groups (broad SMARTS) is 1. The molecule has 0 saturated heterocycles. The first-order chi connectivity index (χ1) is 9.04. The second-order valence-electron chi connectivity index (χ2n) is 5.31. The quantitative estimate of drug-likeness (QED) is 0.758. The molecule has 0 heterocycles. The number of carboxylic acids is 1. The summed E-state index contributed by atoms with van der Waals surface area (Å²) in [5.41, 5.74) is 0.243. The van der Waals surface area contributed by atoms with Gasteiger partial charge in [-0.3, -0.25) is 0 Å². The van der Waals surface area contributed by atoms with Gasteiger partial charge < -0.3 is 9.84 Å². The highest BCUT2D eigenvalue weighted by Gasteiger charge is 2.16. The summed E-state index contributed by atoms with van der Waals surface area (Å²) in [6, 6.07) is 6.86. The summed E-state index contributed by atoms with van der Waals surface area (Å²) in [7, 11) is 0. The Morgan fingerprint density at radius 3 is 2.58 bits per heavy atom. The zero-order valence-corrected chi connectivity index (χ0v) is 12.1. The number of hydrogen-bond donors (Lipinski definition) is 1. The molecule has 0 amide bonds. The van der Waals surface area contributed by atoms with Gasteiger partial charge in [0.1, 0.15) is 11.3 Å². The van der Waals surface area contributed by atoms with Crippen LogP contribution in [0.5, 0.6) is 5.75 Å². The van der Waals surface area contributed by atoms with E-state index in [4.69, 9.17) is 9.84 Å². The third kappa shape index (κ3) is 5.33. The van der Waals surface area contributed by atoms with Crippen molar-refractivity contribution in [3.63, 3.8) is 0 Å². The first-order valence-electron chi connectivity index (χ1n) is 7.03. The van der Waals surface area contributed by atoms with Gasteiger partial charge in [0.2, 0.25) is 0 Å². The van der Waals surface area contributed by atoms with Crippen LogP contribution >= 0.6 is 0 Å². The van der Waals surface area contributed by atoms with Crippen molar-refractivity contribution >= 4 is 5.97 Å². The number of ether oxygens (including phenoxy) is 1. The Labute approximate surface area is 115 Å². The first kappa shape index (κ1) is 15.5. The molecule has 1 atom stereocenters. The predicted octanol–water partition coefficient (Wildman–Crippen LogP) is 4.37. The van der Waals surface area contributed by atoms with Gasteiger partial charge in [0.05, 0.1) is 6.10 Å². The predicted molar refractivity (Wildman–Crippen MR) is 76.8 cm³/mol. The van der Waals surface area contributed by atoms with Gasteiger partial charge in [-0.25, -0.2) is 4.79 Å². The molecule has 1 N–H and O–H groups in total. The fourth-order valence-electron chi connectivity index (χ4n) is 2.11. The Balaban J connectivity index is 2.80. The molecule has 106 valence electrons. The molecule has 19 heavy (non-hydrogen) atoms. The average molecular weight is 264 g/mol. The summed E-state index contributed by atoms with van der Waals surface area (Å²) >= 11 is 0. The van der Waals surface area contributed by atoms with Crippen LogP contribution in [-0.4, -0.2) is 17.2 Å². The van der Waals surface area contributed by atoms with E-state index in [1.54, 1.807) is 18.2 Å². The molecule has 3 nitrogen and oxygen atoms in total. The largest absolute Gasteiger partial charge is 0.490 e. The Kier molecular flexibility index (Phi) is 6.40. The molecule has 0 aliphatic rings. The van der Waals surface area contributed by atoms with Gasteiger partial charge in [0.15, 0.2) is 0 Å². The van der Waals surface area contributed by atoms with Crippen LogP contribution in [0.4, 0.5) is 0 Å². The topological polar surface area (TPSA) is 46.5 Å². The lowest BCUT2D eigenvalue weighted by atomic mass is 10.0. The van der Waals surface area contributed by atoms with Crippen molar-refractivity contribution in [2.75, 3.05) is 0 Å². The van der Waals surface area contributed by atoms with E-state index in [1.807, 2.05) is 6.07 Å². The molecular formula is C16H24O3. The monoisotopic (exact) mass is 264 g/mol. The number of para-hydroxylation sites is 1. The van der Waals surface area contributed by atoms with Crippen molar-refractivity contribution < 1.29 is 14.6 Å². The summed E-state index contributed by atoms with van der Waals surface area (Å²) < 4.78 is 5.94. The lowest BCUT2D eigenvalue weighted by Crippen LogP contribution is -2.20. The Hall–Kier alpha value is -1.51. The van der Waals surface area contributed by atoms with Crippen LogP contribution in [0.1, 0.15) is 56.8 Å². The normalized spacial score (nSPS) is 12.4. The minimum absolute atomic E-state index is 0.0976. The van der Waals surface area contributed by atoms with Crippen LogP contribution in [0.15, 0.2) is 24.3 Å². The first-order valence-corrected chi connectivity index (χ1v) is 7.03. The molecule has 0 bridgehead atoms. The zero-order chi connectivity index (χ0) is 14.3. The van der Waals surface area contributed by atoms with E-state index in [1.165, 1.54) is 0 Å². The Morgan fingerprint density at radius 2 is 2.00 bits per heavy atom. The van der Waals surface area contributed by atoms with Crippen molar-refractivity contribution in [1.82, 2.24) is 0 Å². The van der Waals surface area contributed by atoms with Crippen molar-refractivity contribution in [2.45, 2.75) is 52.6 Å². The van der Waals surface area contributed by atoms with E-state index in [2.05, 4.69) is 20.8 Å². The smallest absolute Gasteiger partial charge is 0.339 e. The van der Waals surface area contributed by atoms with E-state index < -0.39 is 5.97 Å². The van der Waals surface area contributed by atoms with Gasteiger partial charge in [-0.1, -0.05) is 45.7 Å². The number of unbranched alkanes of at least 4 members (excludes halogenated alkanes) is 1. The molecule has 0 aliphatic carbocycles. The fourth-order valence-corrected chi connectivity index (χ4v) is 2.11. The SMILES string of the molecule is CCCCC(CC(C)C)Oc1ccccc1C(=O)O. The van der Waals surface area contributed by atoms with Crippen molar-refractivity contribution in [1.29, 1.82) is 0 Å². The van der Waals surface area contributed by atoms with Crippen molar-refractivity contribution in [3.05, 3.63) is 29.8 Å². The van der Waals surface area contributed by atoms with E-state index in [9.17, 15) is 4.79 Å². The average Bonchev–Trinajstić information content (AvgIpc) is 2.35. The van der Waals surface area contributed by atoms with E-state index in [0.29, 0.717) is 11.7 Å². The second kappa shape index (κ2) is 7.82. The van der Waals surface area contributed by atoms with Crippen LogP contribution < -0.4 is 4.74 Å².